The topological polar surface area (TPSA) is 12.0 Å². The van der Waals surface area contributed by atoms with Crippen molar-refractivity contribution in [2.24, 2.45) is 0 Å². The third-order valence-corrected chi connectivity index (χ3v) is 3.94. The van der Waals surface area contributed by atoms with Gasteiger partial charge in [-0.2, -0.15) is 0 Å². The fourth-order valence-electron chi connectivity index (χ4n) is 1.46. The minimum absolute atomic E-state index is 0.130. The van der Waals surface area contributed by atoms with Crippen LogP contribution >= 0.6 is 39.1 Å². The van der Waals surface area contributed by atoms with Crippen molar-refractivity contribution >= 4 is 44.8 Å². The molecule has 0 aliphatic rings. The Labute approximate surface area is 123 Å². The summed E-state index contributed by atoms with van der Waals surface area (Å²) in [7, 11) is 0. The molecule has 0 radical (unpaired) electrons. The number of anilines is 1. The Bertz CT molecular complexity index is 523. The molecule has 0 atom stereocenters. The van der Waals surface area contributed by atoms with Crippen LogP contribution in [0.4, 0.5) is 10.1 Å². The summed E-state index contributed by atoms with van der Waals surface area (Å²) < 4.78 is 14.1. The highest BCUT2D eigenvalue weighted by Crippen LogP contribution is 2.26. The predicted molar refractivity (Wildman–Crippen MR) is 77.9 cm³/mol. The summed E-state index contributed by atoms with van der Waals surface area (Å²) in [4.78, 5) is 0. The third kappa shape index (κ3) is 3.37. The van der Waals surface area contributed by atoms with Gasteiger partial charge in [0.1, 0.15) is 5.82 Å². The maximum atomic E-state index is 13.2. The van der Waals surface area contributed by atoms with E-state index in [9.17, 15) is 4.39 Å². The molecule has 0 aliphatic carbocycles. The Morgan fingerprint density at radius 3 is 2.50 bits per heavy atom. The average Bonchev–Trinajstić information content (AvgIpc) is 2.35. The van der Waals surface area contributed by atoms with E-state index in [0.717, 1.165) is 15.7 Å². The average molecular weight is 349 g/mol. The molecule has 2 aromatic carbocycles. The SMILES string of the molecule is Fc1cc(CNc2ccc(Br)c(Cl)c2)ccc1Cl. The first kappa shape index (κ1) is 13.7. The van der Waals surface area contributed by atoms with Gasteiger partial charge in [0, 0.05) is 16.7 Å². The van der Waals surface area contributed by atoms with Crippen molar-refractivity contribution in [2.75, 3.05) is 5.32 Å². The molecule has 94 valence electrons. The molecule has 0 spiro atoms. The minimum Gasteiger partial charge on any atom is -0.381 e. The highest BCUT2D eigenvalue weighted by molar-refractivity contribution is 9.10. The fourth-order valence-corrected chi connectivity index (χ4v) is 2.00. The molecule has 0 fully saturated rings. The first-order valence-corrected chi connectivity index (χ1v) is 6.74. The summed E-state index contributed by atoms with van der Waals surface area (Å²) in [5.74, 6) is -0.412. The van der Waals surface area contributed by atoms with Gasteiger partial charge in [0.15, 0.2) is 0 Å². The molecule has 2 rings (SSSR count). The Hall–Kier alpha value is -0.770. The number of rotatable bonds is 3. The molecule has 2 aromatic rings. The van der Waals surface area contributed by atoms with E-state index in [1.165, 1.54) is 6.07 Å². The van der Waals surface area contributed by atoms with Gasteiger partial charge in [-0.3, -0.25) is 0 Å². The monoisotopic (exact) mass is 347 g/mol. The van der Waals surface area contributed by atoms with Gasteiger partial charge in [-0.05, 0) is 51.8 Å². The van der Waals surface area contributed by atoms with Gasteiger partial charge in [0.25, 0.3) is 0 Å². The van der Waals surface area contributed by atoms with Crippen LogP contribution in [0.1, 0.15) is 5.56 Å². The number of nitrogens with one attached hydrogen (secondary N) is 1. The molecule has 0 saturated heterocycles. The van der Waals surface area contributed by atoms with Gasteiger partial charge in [-0.1, -0.05) is 29.3 Å². The highest BCUT2D eigenvalue weighted by Gasteiger charge is 2.02. The van der Waals surface area contributed by atoms with Crippen molar-refractivity contribution in [3.8, 4) is 0 Å². The highest BCUT2D eigenvalue weighted by atomic mass is 79.9. The van der Waals surface area contributed by atoms with Crippen LogP contribution in [0.5, 0.6) is 0 Å². The number of hydrogen-bond donors (Lipinski definition) is 1. The van der Waals surface area contributed by atoms with Crippen LogP contribution in [0.2, 0.25) is 10.0 Å². The molecular formula is C13H9BrCl2FN. The van der Waals surface area contributed by atoms with E-state index in [2.05, 4.69) is 21.2 Å². The quantitative estimate of drug-likeness (QED) is 0.771. The standard InChI is InChI=1S/C13H9BrCl2FN/c14-10-3-2-9(6-12(10)16)18-7-8-1-4-11(15)13(17)5-8/h1-6,18H,7H2. The summed E-state index contributed by atoms with van der Waals surface area (Å²) in [6.45, 7) is 0.506. The minimum atomic E-state index is -0.412. The lowest BCUT2D eigenvalue weighted by atomic mass is 10.2. The molecular weight excluding hydrogens is 340 g/mol. The summed E-state index contributed by atoms with van der Waals surface area (Å²) in [5, 5.41) is 3.92. The molecule has 0 saturated carbocycles. The van der Waals surface area contributed by atoms with Crippen molar-refractivity contribution in [1.29, 1.82) is 0 Å². The summed E-state index contributed by atoms with van der Waals surface area (Å²) >= 11 is 14.9. The normalized spacial score (nSPS) is 10.4. The van der Waals surface area contributed by atoms with Crippen LogP contribution in [0.3, 0.4) is 0 Å². The van der Waals surface area contributed by atoms with E-state index in [1.54, 1.807) is 18.2 Å². The number of hydrogen-bond acceptors (Lipinski definition) is 1. The second-order valence-electron chi connectivity index (χ2n) is 3.73. The molecule has 0 amide bonds. The van der Waals surface area contributed by atoms with Gasteiger partial charge in [0.2, 0.25) is 0 Å². The zero-order chi connectivity index (χ0) is 13.1. The fraction of sp³-hybridized carbons (Fsp3) is 0.0769. The van der Waals surface area contributed by atoms with E-state index < -0.39 is 5.82 Å². The van der Waals surface area contributed by atoms with Crippen LogP contribution in [0.25, 0.3) is 0 Å². The molecule has 1 N–H and O–H groups in total. The number of halogens is 4. The van der Waals surface area contributed by atoms with Gasteiger partial charge in [-0.15, -0.1) is 0 Å². The van der Waals surface area contributed by atoms with Crippen LogP contribution in [-0.2, 0) is 6.54 Å². The largest absolute Gasteiger partial charge is 0.381 e. The van der Waals surface area contributed by atoms with Crippen molar-refractivity contribution in [3.63, 3.8) is 0 Å². The lowest BCUT2D eigenvalue weighted by Gasteiger charge is -2.08. The Morgan fingerprint density at radius 1 is 1.06 bits per heavy atom. The summed E-state index contributed by atoms with van der Waals surface area (Å²) in [6.07, 6.45) is 0. The summed E-state index contributed by atoms with van der Waals surface area (Å²) in [5.41, 5.74) is 1.69. The lowest BCUT2D eigenvalue weighted by molar-refractivity contribution is 0.626. The second kappa shape index (κ2) is 5.91. The molecule has 5 heteroatoms. The maximum absolute atomic E-state index is 13.2. The molecule has 0 bridgehead atoms. The van der Waals surface area contributed by atoms with Crippen molar-refractivity contribution in [1.82, 2.24) is 0 Å². The van der Waals surface area contributed by atoms with Gasteiger partial charge in [-0.25, -0.2) is 4.39 Å². The predicted octanol–water partition coefficient (Wildman–Crippen LogP) is 5.51. The first-order chi connectivity index (χ1) is 8.56. The van der Waals surface area contributed by atoms with Crippen molar-refractivity contribution in [3.05, 3.63) is 62.3 Å². The molecule has 0 aliphatic heterocycles. The van der Waals surface area contributed by atoms with Crippen molar-refractivity contribution in [2.45, 2.75) is 6.54 Å². The zero-order valence-electron chi connectivity index (χ0n) is 9.18. The molecule has 0 unspecified atom stereocenters. The van der Waals surface area contributed by atoms with Crippen LogP contribution in [-0.4, -0.2) is 0 Å². The van der Waals surface area contributed by atoms with Crippen molar-refractivity contribution < 1.29 is 4.39 Å². The van der Waals surface area contributed by atoms with Gasteiger partial charge in [0.05, 0.1) is 10.0 Å². The van der Waals surface area contributed by atoms with E-state index in [1.807, 2.05) is 12.1 Å². The van der Waals surface area contributed by atoms with E-state index in [-0.39, 0.29) is 5.02 Å². The lowest BCUT2D eigenvalue weighted by Crippen LogP contribution is -1.99. The van der Waals surface area contributed by atoms with Crippen LogP contribution < -0.4 is 5.32 Å². The maximum Gasteiger partial charge on any atom is 0.142 e. The molecule has 1 nitrogen and oxygen atoms in total. The number of benzene rings is 2. The zero-order valence-corrected chi connectivity index (χ0v) is 12.3. The van der Waals surface area contributed by atoms with E-state index in [0.29, 0.717) is 11.6 Å². The van der Waals surface area contributed by atoms with Gasteiger partial charge < -0.3 is 5.32 Å². The Morgan fingerprint density at radius 2 is 1.83 bits per heavy atom. The first-order valence-electron chi connectivity index (χ1n) is 5.19. The van der Waals surface area contributed by atoms with Gasteiger partial charge >= 0.3 is 0 Å². The molecule has 18 heavy (non-hydrogen) atoms. The van der Waals surface area contributed by atoms with E-state index >= 15 is 0 Å². The van der Waals surface area contributed by atoms with E-state index in [4.69, 9.17) is 23.2 Å². The smallest absolute Gasteiger partial charge is 0.142 e. The van der Waals surface area contributed by atoms with Crippen LogP contribution in [0.15, 0.2) is 40.9 Å². The molecule has 0 heterocycles. The Balaban J connectivity index is 2.06. The third-order valence-electron chi connectivity index (χ3n) is 2.40. The summed E-state index contributed by atoms with van der Waals surface area (Å²) in [6, 6.07) is 10.3. The van der Waals surface area contributed by atoms with Crippen LogP contribution in [0, 0.1) is 5.82 Å². The Kier molecular flexibility index (Phi) is 4.49. The molecule has 0 aromatic heterocycles. The second-order valence-corrected chi connectivity index (χ2v) is 5.40.